The van der Waals surface area contributed by atoms with Crippen LogP contribution >= 0.6 is 0 Å². The zero-order chi connectivity index (χ0) is 21.3. The molecule has 4 nitrogen and oxygen atoms in total. The first-order valence-corrected chi connectivity index (χ1v) is 12.0. The Balaban J connectivity index is 1.31. The number of hydrogen-bond acceptors (Lipinski definition) is 4. The van der Waals surface area contributed by atoms with Crippen molar-refractivity contribution < 1.29 is 14.2 Å². The van der Waals surface area contributed by atoms with Crippen LogP contribution in [0.5, 0.6) is 11.5 Å². The van der Waals surface area contributed by atoms with E-state index < -0.39 is 0 Å². The smallest absolute Gasteiger partial charge is 0.169 e. The van der Waals surface area contributed by atoms with Gasteiger partial charge < -0.3 is 14.2 Å². The molecule has 2 bridgehead atoms. The molecule has 1 unspecified atom stereocenters. The van der Waals surface area contributed by atoms with Crippen LogP contribution in [0, 0.1) is 5.92 Å². The van der Waals surface area contributed by atoms with E-state index in [1.165, 1.54) is 36.1 Å². The van der Waals surface area contributed by atoms with Gasteiger partial charge in [-0.1, -0.05) is 42.5 Å². The van der Waals surface area contributed by atoms with E-state index in [2.05, 4.69) is 53.5 Å². The molecular formula is C28H29NO3. The number of rotatable bonds is 6. The molecule has 32 heavy (non-hydrogen) atoms. The molecule has 1 saturated heterocycles. The van der Waals surface area contributed by atoms with Gasteiger partial charge in [0, 0.05) is 24.7 Å². The van der Waals surface area contributed by atoms with Crippen LogP contribution in [-0.4, -0.2) is 37.2 Å². The van der Waals surface area contributed by atoms with Gasteiger partial charge in [-0.2, -0.15) is 0 Å². The second kappa shape index (κ2) is 6.89. The third kappa shape index (κ3) is 2.59. The Morgan fingerprint density at radius 3 is 2.78 bits per heavy atom. The highest BCUT2D eigenvalue weighted by Gasteiger charge is 2.62. The summed E-state index contributed by atoms with van der Waals surface area (Å²) in [6.45, 7) is 2.91. The molecule has 2 aromatic carbocycles. The molecule has 1 saturated carbocycles. The predicted molar refractivity (Wildman–Crippen MR) is 123 cm³/mol. The van der Waals surface area contributed by atoms with Crippen LogP contribution in [-0.2, 0) is 23.2 Å². The maximum Gasteiger partial charge on any atom is 0.169 e. The summed E-state index contributed by atoms with van der Waals surface area (Å²) in [5.41, 5.74) is 5.37. The molecule has 0 amide bonds. The molecule has 3 aliphatic carbocycles. The fourth-order valence-electron chi connectivity index (χ4n) is 6.54. The van der Waals surface area contributed by atoms with Crippen molar-refractivity contribution in [3.63, 3.8) is 0 Å². The van der Waals surface area contributed by atoms with E-state index >= 15 is 0 Å². The maximum atomic E-state index is 6.75. The van der Waals surface area contributed by atoms with Crippen molar-refractivity contribution in [3.8, 4) is 11.5 Å². The van der Waals surface area contributed by atoms with Crippen molar-refractivity contribution in [1.29, 1.82) is 0 Å². The normalized spacial score (nSPS) is 29.5. The quantitative estimate of drug-likeness (QED) is 0.664. The van der Waals surface area contributed by atoms with Gasteiger partial charge in [0.25, 0.3) is 0 Å². The lowest BCUT2D eigenvalue weighted by atomic mass is 9.57. The van der Waals surface area contributed by atoms with Crippen LogP contribution in [0.4, 0.5) is 0 Å². The van der Waals surface area contributed by atoms with Crippen molar-refractivity contribution >= 4 is 0 Å². The van der Waals surface area contributed by atoms with Crippen molar-refractivity contribution in [1.82, 2.24) is 4.90 Å². The van der Waals surface area contributed by atoms with E-state index in [0.29, 0.717) is 12.6 Å². The van der Waals surface area contributed by atoms with Gasteiger partial charge in [-0.25, -0.2) is 0 Å². The van der Waals surface area contributed by atoms with Crippen LogP contribution < -0.4 is 9.47 Å². The number of allylic oxidation sites excluding steroid dienone is 2. The highest BCUT2D eigenvalue weighted by molar-refractivity contribution is 5.67. The number of ether oxygens (including phenoxy) is 3. The SMILES string of the molecule is COC1=CC=C2[C@H]3Cc4ccc(OCc5ccccc5)c5c4C2(CCN3CC2CC2)[C@H]1O5. The third-order valence-electron chi connectivity index (χ3n) is 8.21. The molecule has 1 spiro atoms. The minimum absolute atomic E-state index is 0.0893. The van der Waals surface area contributed by atoms with Gasteiger partial charge in [0.15, 0.2) is 17.6 Å². The summed E-state index contributed by atoms with van der Waals surface area (Å²) in [6, 6.07) is 15.2. The number of methoxy groups -OCH3 is 1. The van der Waals surface area contributed by atoms with Crippen LogP contribution in [0.15, 0.2) is 65.9 Å². The van der Waals surface area contributed by atoms with Gasteiger partial charge in [0.2, 0.25) is 0 Å². The van der Waals surface area contributed by atoms with Crippen molar-refractivity contribution in [2.75, 3.05) is 20.2 Å². The van der Waals surface area contributed by atoms with Gasteiger partial charge in [-0.15, -0.1) is 0 Å². The van der Waals surface area contributed by atoms with E-state index in [4.69, 9.17) is 14.2 Å². The molecule has 0 N–H and O–H groups in total. The number of benzene rings is 2. The summed E-state index contributed by atoms with van der Waals surface area (Å²) >= 11 is 0. The van der Waals surface area contributed by atoms with Crippen LogP contribution in [0.3, 0.4) is 0 Å². The maximum absolute atomic E-state index is 6.75. The average Bonchev–Trinajstić information content (AvgIpc) is 3.58. The molecule has 0 radical (unpaired) electrons. The molecule has 7 rings (SSSR count). The Hall–Kier alpha value is -2.72. The largest absolute Gasteiger partial charge is 0.497 e. The Bertz CT molecular complexity index is 1130. The summed E-state index contributed by atoms with van der Waals surface area (Å²) in [5, 5.41) is 0. The minimum atomic E-state index is -0.111. The summed E-state index contributed by atoms with van der Waals surface area (Å²) in [5.74, 6) is 3.62. The van der Waals surface area contributed by atoms with E-state index in [1.54, 1.807) is 7.11 Å². The van der Waals surface area contributed by atoms with Crippen molar-refractivity contribution in [3.05, 3.63) is 82.6 Å². The van der Waals surface area contributed by atoms with Gasteiger partial charge in [-0.3, -0.25) is 4.90 Å². The molecule has 164 valence electrons. The summed E-state index contributed by atoms with van der Waals surface area (Å²) < 4.78 is 18.9. The molecule has 2 aliphatic heterocycles. The first-order chi connectivity index (χ1) is 15.8. The molecule has 2 aromatic rings. The summed E-state index contributed by atoms with van der Waals surface area (Å²) in [7, 11) is 1.77. The topological polar surface area (TPSA) is 30.9 Å². The second-order valence-electron chi connectivity index (χ2n) is 9.97. The van der Waals surface area contributed by atoms with Crippen LogP contribution in [0.2, 0.25) is 0 Å². The lowest BCUT2D eigenvalue weighted by Gasteiger charge is -2.53. The van der Waals surface area contributed by atoms with Gasteiger partial charge in [0.05, 0.1) is 12.5 Å². The van der Waals surface area contributed by atoms with E-state index in [-0.39, 0.29) is 11.5 Å². The fourth-order valence-corrected chi connectivity index (χ4v) is 6.54. The second-order valence-corrected chi connectivity index (χ2v) is 9.97. The van der Waals surface area contributed by atoms with E-state index in [0.717, 1.165) is 48.1 Å². The standard InChI is InChI=1S/C28H29NO3/c1-30-24-12-10-21-22-15-20-9-11-23(31-17-19-5-3-2-4-6-19)26-25(20)28(21,27(24)32-26)13-14-29(22)16-18-7-8-18/h2-6,9-12,18,22,27H,7-8,13-17H2,1H3/t22-,27+,28?/m1/s1. The monoisotopic (exact) mass is 427 g/mol. The van der Waals surface area contributed by atoms with Crippen molar-refractivity contribution in [2.24, 2.45) is 5.92 Å². The molecular weight excluding hydrogens is 398 g/mol. The molecule has 4 heteroatoms. The third-order valence-corrected chi connectivity index (χ3v) is 8.21. The molecule has 5 aliphatic rings. The zero-order valence-corrected chi connectivity index (χ0v) is 18.5. The van der Waals surface area contributed by atoms with Gasteiger partial charge >= 0.3 is 0 Å². The van der Waals surface area contributed by atoms with Gasteiger partial charge in [-0.05, 0) is 60.4 Å². The number of nitrogens with zero attached hydrogens (tertiary/aromatic N) is 1. The van der Waals surface area contributed by atoms with E-state index in [9.17, 15) is 0 Å². The Morgan fingerprint density at radius 2 is 1.97 bits per heavy atom. The highest BCUT2D eigenvalue weighted by atomic mass is 16.6. The molecule has 2 heterocycles. The van der Waals surface area contributed by atoms with Gasteiger partial charge in [0.1, 0.15) is 12.4 Å². The molecule has 0 aromatic heterocycles. The number of likely N-dealkylation sites (tertiary alicyclic amines) is 1. The molecule has 3 atom stereocenters. The number of piperidine rings is 1. The predicted octanol–water partition coefficient (Wildman–Crippen LogP) is 4.78. The average molecular weight is 428 g/mol. The highest BCUT2D eigenvalue weighted by Crippen LogP contribution is 2.62. The Labute approximate surface area is 189 Å². The van der Waals surface area contributed by atoms with E-state index in [1.807, 2.05) is 6.07 Å². The van der Waals surface area contributed by atoms with Crippen molar-refractivity contribution in [2.45, 2.75) is 49.9 Å². The number of hydrogen-bond donors (Lipinski definition) is 0. The lowest BCUT2D eigenvalue weighted by Crippen LogP contribution is -2.59. The first kappa shape index (κ1) is 18.8. The zero-order valence-electron chi connectivity index (χ0n) is 18.5. The van der Waals surface area contributed by atoms with Crippen LogP contribution in [0.1, 0.15) is 36.0 Å². The Morgan fingerprint density at radius 1 is 1.09 bits per heavy atom. The Kier molecular flexibility index (Phi) is 4.05. The summed E-state index contributed by atoms with van der Waals surface area (Å²) in [4.78, 5) is 2.75. The lowest BCUT2D eigenvalue weighted by molar-refractivity contribution is 0.0622. The summed E-state index contributed by atoms with van der Waals surface area (Å²) in [6.07, 6.45) is 9.34. The molecule has 2 fully saturated rings. The van der Waals surface area contributed by atoms with Crippen LogP contribution in [0.25, 0.3) is 0 Å². The first-order valence-electron chi connectivity index (χ1n) is 12.0. The minimum Gasteiger partial charge on any atom is -0.497 e. The fraction of sp³-hybridized carbons (Fsp3) is 0.429.